The maximum atomic E-state index is 4.43. The minimum absolute atomic E-state index is 0.257. The smallest absolute Gasteiger partial charge is 0.0782 e. The predicted octanol–water partition coefficient (Wildman–Crippen LogP) is 2.95. The largest absolute Gasteiger partial charge is 0.306 e. The van der Waals surface area contributed by atoms with Gasteiger partial charge in [0, 0.05) is 24.5 Å². The van der Waals surface area contributed by atoms with Crippen LogP contribution < -0.4 is 5.32 Å². The third-order valence-corrected chi connectivity index (χ3v) is 3.87. The van der Waals surface area contributed by atoms with Gasteiger partial charge in [0.25, 0.3) is 0 Å². The Morgan fingerprint density at radius 3 is 2.40 bits per heavy atom. The average Bonchev–Trinajstić information content (AvgIpc) is 2.44. The van der Waals surface area contributed by atoms with E-state index in [1.807, 2.05) is 6.92 Å². The lowest BCUT2D eigenvalue weighted by Crippen LogP contribution is -2.31. The molecule has 0 aliphatic carbocycles. The molecule has 0 saturated heterocycles. The van der Waals surface area contributed by atoms with E-state index in [0.29, 0.717) is 6.04 Å². The SMILES string of the molecule is CCN(CC)CCCC(C)NC(C)c1nccnc1C. The van der Waals surface area contributed by atoms with E-state index in [-0.39, 0.29) is 6.04 Å². The van der Waals surface area contributed by atoms with E-state index in [1.54, 1.807) is 12.4 Å². The summed E-state index contributed by atoms with van der Waals surface area (Å²) < 4.78 is 0. The standard InChI is InChI=1S/C16H30N4/c1-6-20(7-2)12-8-9-13(3)19-15(5)16-14(4)17-10-11-18-16/h10-11,13,15,19H,6-9,12H2,1-5H3. The van der Waals surface area contributed by atoms with E-state index >= 15 is 0 Å². The highest BCUT2D eigenvalue weighted by molar-refractivity contribution is 5.12. The van der Waals surface area contributed by atoms with Gasteiger partial charge in [0.1, 0.15) is 0 Å². The molecule has 1 heterocycles. The monoisotopic (exact) mass is 278 g/mol. The van der Waals surface area contributed by atoms with Crippen LogP contribution >= 0.6 is 0 Å². The molecule has 0 aliphatic rings. The lowest BCUT2D eigenvalue weighted by Gasteiger charge is -2.22. The van der Waals surface area contributed by atoms with Crippen LogP contribution in [0.5, 0.6) is 0 Å². The summed E-state index contributed by atoms with van der Waals surface area (Å²) in [7, 11) is 0. The van der Waals surface area contributed by atoms with Crippen molar-refractivity contribution in [2.75, 3.05) is 19.6 Å². The second-order valence-electron chi connectivity index (χ2n) is 5.49. The van der Waals surface area contributed by atoms with Gasteiger partial charge in [-0.3, -0.25) is 9.97 Å². The summed E-state index contributed by atoms with van der Waals surface area (Å²) in [5.41, 5.74) is 2.07. The van der Waals surface area contributed by atoms with Crippen molar-refractivity contribution in [1.82, 2.24) is 20.2 Å². The third kappa shape index (κ3) is 5.55. The summed E-state index contributed by atoms with van der Waals surface area (Å²) in [5.74, 6) is 0. The molecule has 1 aromatic rings. The summed E-state index contributed by atoms with van der Waals surface area (Å²) in [6, 6.07) is 0.758. The number of nitrogens with one attached hydrogen (secondary N) is 1. The van der Waals surface area contributed by atoms with Gasteiger partial charge in [0.15, 0.2) is 0 Å². The summed E-state index contributed by atoms with van der Waals surface area (Å²) in [6.45, 7) is 14.4. The summed E-state index contributed by atoms with van der Waals surface area (Å²) in [5, 5.41) is 3.63. The number of nitrogens with zero attached hydrogens (tertiary/aromatic N) is 3. The Balaban J connectivity index is 2.35. The Morgan fingerprint density at radius 1 is 1.15 bits per heavy atom. The van der Waals surface area contributed by atoms with Crippen LogP contribution in [0, 0.1) is 6.92 Å². The van der Waals surface area contributed by atoms with E-state index in [9.17, 15) is 0 Å². The van der Waals surface area contributed by atoms with Crippen LogP contribution in [0.15, 0.2) is 12.4 Å². The number of rotatable bonds is 9. The molecule has 0 amide bonds. The molecule has 2 unspecified atom stereocenters. The first-order valence-corrected chi connectivity index (χ1v) is 7.84. The maximum absolute atomic E-state index is 4.43. The van der Waals surface area contributed by atoms with E-state index in [1.165, 1.54) is 19.4 Å². The molecule has 0 saturated carbocycles. The number of aryl methyl sites for hydroxylation is 1. The van der Waals surface area contributed by atoms with Crippen LogP contribution in [0.4, 0.5) is 0 Å². The second kappa shape index (κ2) is 9.03. The Kier molecular flexibility index (Phi) is 7.70. The van der Waals surface area contributed by atoms with Gasteiger partial charge in [0.05, 0.1) is 11.4 Å². The van der Waals surface area contributed by atoms with E-state index in [0.717, 1.165) is 24.5 Å². The van der Waals surface area contributed by atoms with Crippen molar-refractivity contribution in [1.29, 1.82) is 0 Å². The number of hydrogen-bond donors (Lipinski definition) is 1. The summed E-state index contributed by atoms with van der Waals surface area (Å²) in [4.78, 5) is 11.2. The van der Waals surface area contributed by atoms with Crippen molar-refractivity contribution in [2.24, 2.45) is 0 Å². The second-order valence-corrected chi connectivity index (χ2v) is 5.49. The van der Waals surface area contributed by atoms with Gasteiger partial charge in [-0.25, -0.2) is 0 Å². The molecule has 114 valence electrons. The fraction of sp³-hybridized carbons (Fsp3) is 0.750. The molecule has 0 fully saturated rings. The molecule has 4 nitrogen and oxygen atoms in total. The normalized spacial score (nSPS) is 14.5. The third-order valence-electron chi connectivity index (χ3n) is 3.87. The summed E-state index contributed by atoms with van der Waals surface area (Å²) >= 11 is 0. The molecule has 20 heavy (non-hydrogen) atoms. The van der Waals surface area contributed by atoms with E-state index in [4.69, 9.17) is 0 Å². The highest BCUT2D eigenvalue weighted by atomic mass is 15.1. The fourth-order valence-corrected chi connectivity index (χ4v) is 2.59. The van der Waals surface area contributed by atoms with Crippen molar-refractivity contribution < 1.29 is 0 Å². The highest BCUT2D eigenvalue weighted by Gasteiger charge is 2.13. The highest BCUT2D eigenvalue weighted by Crippen LogP contribution is 2.13. The van der Waals surface area contributed by atoms with Crippen LogP contribution in [0.3, 0.4) is 0 Å². The molecule has 0 spiro atoms. The minimum atomic E-state index is 0.257. The summed E-state index contributed by atoms with van der Waals surface area (Å²) in [6.07, 6.45) is 5.95. The zero-order valence-electron chi connectivity index (χ0n) is 13.7. The number of hydrogen-bond acceptors (Lipinski definition) is 4. The van der Waals surface area contributed by atoms with Crippen molar-refractivity contribution in [2.45, 2.75) is 59.5 Å². The Bertz CT molecular complexity index is 376. The predicted molar refractivity (Wildman–Crippen MR) is 84.8 cm³/mol. The van der Waals surface area contributed by atoms with Crippen LogP contribution in [-0.4, -0.2) is 40.5 Å². The zero-order chi connectivity index (χ0) is 15.0. The van der Waals surface area contributed by atoms with Crippen molar-refractivity contribution in [3.05, 3.63) is 23.8 Å². The van der Waals surface area contributed by atoms with Gasteiger partial charge in [-0.2, -0.15) is 0 Å². The molecule has 0 aromatic carbocycles. The Labute approximate surface area is 124 Å². The minimum Gasteiger partial charge on any atom is -0.306 e. The van der Waals surface area contributed by atoms with Crippen LogP contribution in [0.1, 0.15) is 58.0 Å². The molecule has 2 atom stereocenters. The topological polar surface area (TPSA) is 41.0 Å². The Hall–Kier alpha value is -1.00. The van der Waals surface area contributed by atoms with Gasteiger partial charge in [-0.05, 0) is 53.2 Å². The average molecular weight is 278 g/mol. The first-order chi connectivity index (χ1) is 9.58. The van der Waals surface area contributed by atoms with Crippen LogP contribution in [0.2, 0.25) is 0 Å². The first-order valence-electron chi connectivity index (χ1n) is 7.84. The molecular weight excluding hydrogens is 248 g/mol. The van der Waals surface area contributed by atoms with Crippen LogP contribution in [0.25, 0.3) is 0 Å². The van der Waals surface area contributed by atoms with Crippen molar-refractivity contribution >= 4 is 0 Å². The molecular formula is C16H30N4. The van der Waals surface area contributed by atoms with Crippen molar-refractivity contribution in [3.63, 3.8) is 0 Å². The van der Waals surface area contributed by atoms with E-state index < -0.39 is 0 Å². The molecule has 0 aliphatic heterocycles. The lowest BCUT2D eigenvalue weighted by molar-refractivity contribution is 0.288. The molecule has 0 radical (unpaired) electrons. The molecule has 1 N–H and O–H groups in total. The van der Waals surface area contributed by atoms with Crippen LogP contribution in [-0.2, 0) is 0 Å². The molecule has 4 heteroatoms. The van der Waals surface area contributed by atoms with Gasteiger partial charge in [0.2, 0.25) is 0 Å². The quantitative estimate of drug-likeness (QED) is 0.754. The lowest BCUT2D eigenvalue weighted by atomic mass is 10.1. The van der Waals surface area contributed by atoms with Gasteiger partial charge < -0.3 is 10.2 Å². The van der Waals surface area contributed by atoms with Gasteiger partial charge in [-0.15, -0.1) is 0 Å². The molecule has 1 aromatic heterocycles. The first kappa shape index (κ1) is 17.1. The fourth-order valence-electron chi connectivity index (χ4n) is 2.59. The van der Waals surface area contributed by atoms with Crippen molar-refractivity contribution in [3.8, 4) is 0 Å². The molecule has 1 rings (SSSR count). The van der Waals surface area contributed by atoms with E-state index in [2.05, 4.69) is 47.9 Å². The zero-order valence-corrected chi connectivity index (χ0v) is 13.7. The van der Waals surface area contributed by atoms with Gasteiger partial charge >= 0.3 is 0 Å². The molecule has 0 bridgehead atoms. The van der Waals surface area contributed by atoms with Gasteiger partial charge in [-0.1, -0.05) is 13.8 Å². The Morgan fingerprint density at radius 2 is 1.80 bits per heavy atom. The number of aromatic nitrogens is 2. The maximum Gasteiger partial charge on any atom is 0.0782 e.